The molecule has 0 aliphatic carbocycles. The normalized spacial score (nSPS) is 11.3. The monoisotopic (exact) mass is 387 g/mol. The van der Waals surface area contributed by atoms with E-state index in [1.165, 1.54) is 27.2 Å². The number of amides is 1. The smallest absolute Gasteiger partial charge is 0.339 e. The minimum Gasteiger partial charge on any atom is -0.495 e. The van der Waals surface area contributed by atoms with Crippen molar-refractivity contribution in [1.29, 1.82) is 0 Å². The van der Waals surface area contributed by atoms with E-state index in [0.717, 1.165) is 6.42 Å². The van der Waals surface area contributed by atoms with Crippen LogP contribution < -0.4 is 19.5 Å². The molecular formula is C21H25NO6. The highest BCUT2D eigenvalue weighted by molar-refractivity contribution is 5.98. The summed E-state index contributed by atoms with van der Waals surface area (Å²) in [6.45, 7) is 4.04. The number of hydrogen-bond donors (Lipinski definition) is 1. The molecule has 1 atom stereocenters. The Morgan fingerprint density at radius 3 is 2.39 bits per heavy atom. The molecule has 150 valence electrons. The molecule has 0 spiro atoms. The maximum Gasteiger partial charge on any atom is 0.339 e. The Kier molecular flexibility index (Phi) is 7.68. The summed E-state index contributed by atoms with van der Waals surface area (Å²) >= 11 is 0. The molecule has 2 rings (SSSR count). The first-order chi connectivity index (χ1) is 13.5. The Bertz CT molecular complexity index is 820. The van der Waals surface area contributed by atoms with Gasteiger partial charge in [0.25, 0.3) is 5.91 Å². The SMILES string of the molecule is CCCOc1ccc(C(=O)O[C@H](C)C(=O)Nc2ccccc2OC)cc1OC. The van der Waals surface area contributed by atoms with Gasteiger partial charge in [-0.15, -0.1) is 0 Å². The molecule has 0 aliphatic rings. The number of methoxy groups -OCH3 is 2. The van der Waals surface area contributed by atoms with Gasteiger partial charge in [0, 0.05) is 0 Å². The molecule has 1 N–H and O–H groups in total. The van der Waals surface area contributed by atoms with Crippen LogP contribution in [0.1, 0.15) is 30.6 Å². The Morgan fingerprint density at radius 2 is 1.71 bits per heavy atom. The fourth-order valence-electron chi connectivity index (χ4n) is 2.39. The first-order valence-corrected chi connectivity index (χ1v) is 8.95. The second-order valence-corrected chi connectivity index (χ2v) is 5.95. The van der Waals surface area contributed by atoms with E-state index in [2.05, 4.69) is 5.32 Å². The van der Waals surface area contributed by atoms with Crippen molar-refractivity contribution >= 4 is 17.6 Å². The van der Waals surface area contributed by atoms with Gasteiger partial charge in [-0.05, 0) is 43.7 Å². The molecule has 0 aliphatic heterocycles. The third-order valence-electron chi connectivity index (χ3n) is 3.88. The zero-order chi connectivity index (χ0) is 20.5. The summed E-state index contributed by atoms with van der Waals surface area (Å²) in [5, 5.41) is 2.69. The molecule has 7 heteroatoms. The van der Waals surface area contributed by atoms with Crippen LogP contribution in [0.25, 0.3) is 0 Å². The molecule has 0 saturated heterocycles. The molecule has 0 unspecified atom stereocenters. The number of carbonyl (C=O) groups is 2. The van der Waals surface area contributed by atoms with Crippen molar-refractivity contribution in [3.63, 3.8) is 0 Å². The minimum atomic E-state index is -1.00. The number of rotatable bonds is 9. The second kappa shape index (κ2) is 10.2. The molecule has 0 radical (unpaired) electrons. The van der Waals surface area contributed by atoms with Gasteiger partial charge < -0.3 is 24.3 Å². The van der Waals surface area contributed by atoms with Crippen LogP contribution in [0.4, 0.5) is 5.69 Å². The maximum absolute atomic E-state index is 12.4. The molecule has 2 aromatic carbocycles. The van der Waals surface area contributed by atoms with Crippen molar-refractivity contribution in [3.8, 4) is 17.2 Å². The topological polar surface area (TPSA) is 83.1 Å². The van der Waals surface area contributed by atoms with Crippen LogP contribution in [-0.4, -0.2) is 38.8 Å². The van der Waals surface area contributed by atoms with Crippen molar-refractivity contribution < 1.29 is 28.5 Å². The van der Waals surface area contributed by atoms with E-state index < -0.39 is 18.0 Å². The van der Waals surface area contributed by atoms with Gasteiger partial charge in [0.05, 0.1) is 32.1 Å². The van der Waals surface area contributed by atoms with Crippen molar-refractivity contribution in [1.82, 2.24) is 0 Å². The third kappa shape index (κ3) is 5.39. The lowest BCUT2D eigenvalue weighted by Crippen LogP contribution is -2.30. The quantitative estimate of drug-likeness (QED) is 0.661. The molecule has 1 amide bonds. The fourth-order valence-corrected chi connectivity index (χ4v) is 2.39. The third-order valence-corrected chi connectivity index (χ3v) is 3.88. The Hall–Kier alpha value is -3.22. The van der Waals surface area contributed by atoms with E-state index in [0.29, 0.717) is 29.5 Å². The van der Waals surface area contributed by atoms with Gasteiger partial charge in [-0.3, -0.25) is 4.79 Å². The minimum absolute atomic E-state index is 0.262. The van der Waals surface area contributed by atoms with Crippen LogP contribution in [-0.2, 0) is 9.53 Å². The summed E-state index contributed by atoms with van der Waals surface area (Å²) in [4.78, 5) is 24.8. The summed E-state index contributed by atoms with van der Waals surface area (Å²) in [7, 11) is 3.00. The van der Waals surface area contributed by atoms with Crippen LogP contribution in [0.2, 0.25) is 0 Å². The molecule has 28 heavy (non-hydrogen) atoms. The van der Waals surface area contributed by atoms with Gasteiger partial charge in [-0.2, -0.15) is 0 Å². The molecule has 0 heterocycles. The van der Waals surface area contributed by atoms with Crippen molar-refractivity contribution in [3.05, 3.63) is 48.0 Å². The molecule has 0 saturated carbocycles. The molecule has 7 nitrogen and oxygen atoms in total. The summed E-state index contributed by atoms with van der Waals surface area (Å²) in [6, 6.07) is 11.7. The van der Waals surface area contributed by atoms with Gasteiger partial charge in [0.1, 0.15) is 5.75 Å². The Morgan fingerprint density at radius 1 is 1.00 bits per heavy atom. The van der Waals surface area contributed by atoms with E-state index in [4.69, 9.17) is 18.9 Å². The van der Waals surface area contributed by atoms with Crippen LogP contribution in [0.3, 0.4) is 0 Å². The van der Waals surface area contributed by atoms with E-state index in [1.807, 2.05) is 6.92 Å². The van der Waals surface area contributed by atoms with Crippen LogP contribution in [0.5, 0.6) is 17.2 Å². The molecule has 0 bridgehead atoms. The van der Waals surface area contributed by atoms with E-state index >= 15 is 0 Å². The second-order valence-electron chi connectivity index (χ2n) is 5.95. The highest BCUT2D eigenvalue weighted by atomic mass is 16.5. The highest BCUT2D eigenvalue weighted by Gasteiger charge is 2.21. The lowest BCUT2D eigenvalue weighted by molar-refractivity contribution is -0.123. The van der Waals surface area contributed by atoms with Crippen molar-refractivity contribution in [2.24, 2.45) is 0 Å². The number of carbonyl (C=O) groups excluding carboxylic acids is 2. The number of esters is 1. The first kappa shape index (κ1) is 21.1. The summed E-state index contributed by atoms with van der Waals surface area (Å²) in [5.74, 6) is 0.384. The van der Waals surface area contributed by atoms with Gasteiger partial charge >= 0.3 is 5.97 Å². The molecular weight excluding hydrogens is 362 g/mol. The highest BCUT2D eigenvalue weighted by Crippen LogP contribution is 2.29. The lowest BCUT2D eigenvalue weighted by Gasteiger charge is -2.16. The van der Waals surface area contributed by atoms with Crippen LogP contribution in [0.15, 0.2) is 42.5 Å². The van der Waals surface area contributed by atoms with E-state index in [1.54, 1.807) is 36.4 Å². The average molecular weight is 387 g/mol. The standard InChI is InChI=1S/C21H25NO6/c1-5-12-27-18-11-10-15(13-19(18)26-4)21(24)28-14(2)20(23)22-16-8-6-7-9-17(16)25-3/h6-11,13-14H,5,12H2,1-4H3,(H,22,23)/t14-/m1/s1. The Balaban J connectivity index is 2.04. The Labute approximate surface area is 164 Å². The van der Waals surface area contributed by atoms with E-state index in [9.17, 15) is 9.59 Å². The molecule has 0 aromatic heterocycles. The predicted molar refractivity (Wildman–Crippen MR) is 105 cm³/mol. The van der Waals surface area contributed by atoms with Crippen LogP contribution >= 0.6 is 0 Å². The van der Waals surface area contributed by atoms with Crippen molar-refractivity contribution in [2.45, 2.75) is 26.4 Å². The molecule has 0 fully saturated rings. The number of anilines is 1. The first-order valence-electron chi connectivity index (χ1n) is 8.95. The number of nitrogens with one attached hydrogen (secondary N) is 1. The van der Waals surface area contributed by atoms with Gasteiger partial charge in [0.2, 0.25) is 0 Å². The lowest BCUT2D eigenvalue weighted by atomic mass is 10.2. The average Bonchev–Trinajstić information content (AvgIpc) is 2.72. The van der Waals surface area contributed by atoms with Gasteiger partial charge in [-0.25, -0.2) is 4.79 Å². The summed E-state index contributed by atoms with van der Waals surface area (Å²) < 4.78 is 21.3. The molecule has 2 aromatic rings. The van der Waals surface area contributed by atoms with Crippen LogP contribution in [0, 0.1) is 0 Å². The summed E-state index contributed by atoms with van der Waals surface area (Å²) in [6.07, 6.45) is -0.148. The van der Waals surface area contributed by atoms with Gasteiger partial charge in [0.15, 0.2) is 17.6 Å². The largest absolute Gasteiger partial charge is 0.495 e. The zero-order valence-electron chi connectivity index (χ0n) is 16.5. The number of ether oxygens (including phenoxy) is 4. The number of para-hydroxylation sites is 2. The van der Waals surface area contributed by atoms with Gasteiger partial charge in [-0.1, -0.05) is 19.1 Å². The van der Waals surface area contributed by atoms with E-state index in [-0.39, 0.29) is 5.56 Å². The summed E-state index contributed by atoms with van der Waals surface area (Å²) in [5.41, 5.74) is 0.759. The van der Waals surface area contributed by atoms with Crippen molar-refractivity contribution in [2.75, 3.05) is 26.1 Å². The fraction of sp³-hybridized carbons (Fsp3) is 0.333. The predicted octanol–water partition coefficient (Wildman–Crippen LogP) is 3.68. The number of benzene rings is 2. The maximum atomic E-state index is 12.4. The zero-order valence-corrected chi connectivity index (χ0v) is 16.5. The number of hydrogen-bond acceptors (Lipinski definition) is 6.